The monoisotopic (exact) mass is 216 g/mol. The number of nitrogen functional groups attached to an aromatic ring is 1. The SMILES string of the molecule is Cc1cc(C(C)(C)C)c(N)c(C)c1CC#N. The number of nitrogens with zero attached hydrogens (tertiary/aromatic N) is 1. The van der Waals surface area contributed by atoms with Crippen molar-refractivity contribution in [3.05, 3.63) is 28.3 Å². The molecule has 0 radical (unpaired) electrons. The summed E-state index contributed by atoms with van der Waals surface area (Å²) in [5.41, 5.74) is 11.5. The van der Waals surface area contributed by atoms with Crippen molar-refractivity contribution in [1.29, 1.82) is 5.26 Å². The normalized spacial score (nSPS) is 11.2. The van der Waals surface area contributed by atoms with Crippen LogP contribution in [0.15, 0.2) is 6.07 Å². The topological polar surface area (TPSA) is 49.8 Å². The van der Waals surface area contributed by atoms with E-state index in [2.05, 4.69) is 32.9 Å². The molecule has 0 aromatic heterocycles. The van der Waals surface area contributed by atoms with E-state index in [4.69, 9.17) is 11.0 Å². The molecule has 0 spiro atoms. The Kier molecular flexibility index (Phi) is 3.28. The molecule has 0 aliphatic heterocycles. The minimum atomic E-state index is 0.0464. The van der Waals surface area contributed by atoms with Gasteiger partial charge in [-0.25, -0.2) is 0 Å². The van der Waals surface area contributed by atoms with Crippen molar-refractivity contribution >= 4 is 5.69 Å². The van der Waals surface area contributed by atoms with Gasteiger partial charge in [-0.05, 0) is 41.5 Å². The van der Waals surface area contributed by atoms with E-state index in [0.717, 1.165) is 22.4 Å². The average Bonchev–Trinajstić information content (AvgIpc) is 2.16. The van der Waals surface area contributed by atoms with Crippen LogP contribution in [0.25, 0.3) is 0 Å². The Balaban J connectivity index is 3.47. The summed E-state index contributed by atoms with van der Waals surface area (Å²) in [4.78, 5) is 0. The molecule has 2 heteroatoms. The van der Waals surface area contributed by atoms with E-state index in [-0.39, 0.29) is 5.41 Å². The van der Waals surface area contributed by atoms with Gasteiger partial charge in [0.25, 0.3) is 0 Å². The minimum absolute atomic E-state index is 0.0464. The number of nitrogens with two attached hydrogens (primary N) is 1. The van der Waals surface area contributed by atoms with Crippen LogP contribution >= 0.6 is 0 Å². The summed E-state index contributed by atoms with van der Waals surface area (Å²) in [6.45, 7) is 10.5. The molecule has 86 valence electrons. The van der Waals surface area contributed by atoms with Crippen LogP contribution in [0.3, 0.4) is 0 Å². The van der Waals surface area contributed by atoms with E-state index in [1.807, 2.05) is 13.8 Å². The molecule has 0 saturated heterocycles. The van der Waals surface area contributed by atoms with Gasteiger partial charge in [0, 0.05) is 5.69 Å². The maximum atomic E-state index is 8.80. The summed E-state index contributed by atoms with van der Waals surface area (Å²) in [5.74, 6) is 0. The molecule has 0 aliphatic rings. The number of hydrogen-bond acceptors (Lipinski definition) is 2. The molecule has 0 saturated carbocycles. The van der Waals surface area contributed by atoms with Crippen LogP contribution in [0.1, 0.15) is 43.0 Å². The van der Waals surface area contributed by atoms with Crippen molar-refractivity contribution in [2.75, 3.05) is 5.73 Å². The summed E-state index contributed by atoms with van der Waals surface area (Å²) >= 11 is 0. The quantitative estimate of drug-likeness (QED) is 0.732. The molecule has 1 aromatic rings. The van der Waals surface area contributed by atoms with Gasteiger partial charge in [-0.1, -0.05) is 26.8 Å². The highest BCUT2D eigenvalue weighted by Crippen LogP contribution is 2.33. The third kappa shape index (κ3) is 2.19. The first-order valence-corrected chi connectivity index (χ1v) is 5.55. The predicted octanol–water partition coefficient (Wildman–Crippen LogP) is 3.25. The van der Waals surface area contributed by atoms with Crippen LogP contribution in [0, 0.1) is 25.2 Å². The summed E-state index contributed by atoms with van der Waals surface area (Å²) in [5, 5.41) is 8.80. The standard InChI is InChI=1S/C14H20N2/c1-9-8-12(14(3,4)5)13(16)10(2)11(9)6-7-15/h8H,6,16H2,1-5H3. The second-order valence-electron chi connectivity index (χ2n) is 5.34. The lowest BCUT2D eigenvalue weighted by Crippen LogP contribution is -2.16. The first-order chi connectivity index (χ1) is 7.29. The smallest absolute Gasteiger partial charge is 0.0669 e. The number of hydrogen-bond donors (Lipinski definition) is 1. The lowest BCUT2D eigenvalue weighted by molar-refractivity contribution is 0.591. The second-order valence-corrected chi connectivity index (χ2v) is 5.34. The van der Waals surface area contributed by atoms with Gasteiger partial charge >= 0.3 is 0 Å². The molecule has 0 unspecified atom stereocenters. The molecule has 1 rings (SSSR count). The number of benzene rings is 1. The fraction of sp³-hybridized carbons (Fsp3) is 0.500. The van der Waals surface area contributed by atoms with Crippen molar-refractivity contribution < 1.29 is 0 Å². The zero-order chi connectivity index (χ0) is 12.5. The van der Waals surface area contributed by atoms with Gasteiger partial charge in [0.15, 0.2) is 0 Å². The highest BCUT2D eigenvalue weighted by atomic mass is 14.6. The van der Waals surface area contributed by atoms with E-state index in [0.29, 0.717) is 6.42 Å². The Labute approximate surface area is 98.1 Å². The molecule has 1 aromatic carbocycles. The third-order valence-corrected chi connectivity index (χ3v) is 3.05. The van der Waals surface area contributed by atoms with Crippen molar-refractivity contribution in [3.8, 4) is 6.07 Å². The molecular weight excluding hydrogens is 196 g/mol. The molecule has 0 heterocycles. The average molecular weight is 216 g/mol. The van der Waals surface area contributed by atoms with Crippen LogP contribution in [0.5, 0.6) is 0 Å². The lowest BCUT2D eigenvalue weighted by Gasteiger charge is -2.24. The van der Waals surface area contributed by atoms with E-state index in [1.165, 1.54) is 5.56 Å². The molecule has 0 aliphatic carbocycles. The lowest BCUT2D eigenvalue weighted by atomic mass is 9.82. The fourth-order valence-electron chi connectivity index (χ4n) is 2.01. The molecule has 0 fully saturated rings. The second kappa shape index (κ2) is 4.17. The van der Waals surface area contributed by atoms with Crippen molar-refractivity contribution in [1.82, 2.24) is 0 Å². The van der Waals surface area contributed by atoms with Gasteiger partial charge in [0.05, 0.1) is 12.5 Å². The molecular formula is C14H20N2. The number of rotatable bonds is 1. The Morgan fingerprint density at radius 2 is 1.88 bits per heavy atom. The van der Waals surface area contributed by atoms with E-state index >= 15 is 0 Å². The van der Waals surface area contributed by atoms with Crippen molar-refractivity contribution in [3.63, 3.8) is 0 Å². The van der Waals surface area contributed by atoms with Crippen LogP contribution in [-0.2, 0) is 11.8 Å². The number of aryl methyl sites for hydroxylation is 1. The van der Waals surface area contributed by atoms with Crippen LogP contribution in [0.4, 0.5) is 5.69 Å². The summed E-state index contributed by atoms with van der Waals surface area (Å²) in [6, 6.07) is 4.32. The van der Waals surface area contributed by atoms with Crippen molar-refractivity contribution in [2.24, 2.45) is 0 Å². The van der Waals surface area contributed by atoms with Crippen molar-refractivity contribution in [2.45, 2.75) is 46.5 Å². The summed E-state index contributed by atoms with van der Waals surface area (Å²) in [7, 11) is 0. The maximum Gasteiger partial charge on any atom is 0.0669 e. The van der Waals surface area contributed by atoms with E-state index < -0.39 is 0 Å². The molecule has 16 heavy (non-hydrogen) atoms. The maximum absolute atomic E-state index is 8.80. The molecule has 0 amide bonds. The van der Waals surface area contributed by atoms with E-state index in [1.54, 1.807) is 0 Å². The fourth-order valence-corrected chi connectivity index (χ4v) is 2.01. The molecule has 0 bridgehead atoms. The molecule has 2 nitrogen and oxygen atoms in total. The largest absolute Gasteiger partial charge is 0.398 e. The Bertz CT molecular complexity index is 445. The predicted molar refractivity (Wildman–Crippen MR) is 68.3 cm³/mol. The first kappa shape index (κ1) is 12.6. The van der Waals surface area contributed by atoms with Gasteiger partial charge in [0.1, 0.15) is 0 Å². The molecule has 2 N–H and O–H groups in total. The molecule has 0 atom stereocenters. The highest BCUT2D eigenvalue weighted by molar-refractivity contribution is 5.61. The van der Waals surface area contributed by atoms with Gasteiger partial charge in [-0.2, -0.15) is 5.26 Å². The number of nitriles is 1. The van der Waals surface area contributed by atoms with Gasteiger partial charge < -0.3 is 5.73 Å². The summed E-state index contributed by atoms with van der Waals surface area (Å²) in [6.07, 6.45) is 0.437. The number of anilines is 1. The zero-order valence-electron chi connectivity index (χ0n) is 10.8. The van der Waals surface area contributed by atoms with Crippen LogP contribution < -0.4 is 5.73 Å². The van der Waals surface area contributed by atoms with Gasteiger partial charge in [-0.3, -0.25) is 0 Å². The first-order valence-electron chi connectivity index (χ1n) is 5.55. The third-order valence-electron chi connectivity index (χ3n) is 3.05. The van der Waals surface area contributed by atoms with E-state index in [9.17, 15) is 0 Å². The van der Waals surface area contributed by atoms with Gasteiger partial charge in [0.2, 0.25) is 0 Å². The Morgan fingerprint density at radius 3 is 2.31 bits per heavy atom. The highest BCUT2D eigenvalue weighted by Gasteiger charge is 2.20. The van der Waals surface area contributed by atoms with Gasteiger partial charge in [-0.15, -0.1) is 0 Å². The minimum Gasteiger partial charge on any atom is -0.398 e. The Morgan fingerprint density at radius 1 is 1.31 bits per heavy atom. The summed E-state index contributed by atoms with van der Waals surface area (Å²) < 4.78 is 0. The zero-order valence-corrected chi connectivity index (χ0v) is 10.8. The van der Waals surface area contributed by atoms with Crippen LogP contribution in [0.2, 0.25) is 0 Å². The van der Waals surface area contributed by atoms with Crippen LogP contribution in [-0.4, -0.2) is 0 Å². The Hall–Kier alpha value is -1.49.